The van der Waals surface area contributed by atoms with Crippen molar-refractivity contribution in [3.05, 3.63) is 23.4 Å². The van der Waals surface area contributed by atoms with Crippen LogP contribution in [0.2, 0.25) is 0 Å². The van der Waals surface area contributed by atoms with Crippen LogP contribution in [0.1, 0.15) is 31.0 Å². The number of aliphatic hydroxyl groups excluding tert-OH is 1. The molecular formula is C14H19N3O. The van der Waals surface area contributed by atoms with Crippen molar-refractivity contribution >= 4 is 5.82 Å². The molecule has 18 heavy (non-hydrogen) atoms. The van der Waals surface area contributed by atoms with Crippen molar-refractivity contribution < 1.29 is 5.11 Å². The van der Waals surface area contributed by atoms with E-state index < -0.39 is 0 Å². The SMILES string of the molecule is Cc1cc(C#N)cc(N2CCC(C)(CO)CC2)n1. The van der Waals surface area contributed by atoms with E-state index in [0.717, 1.165) is 37.4 Å². The largest absolute Gasteiger partial charge is 0.396 e. The van der Waals surface area contributed by atoms with Gasteiger partial charge in [-0.25, -0.2) is 4.98 Å². The second-order valence-corrected chi connectivity index (χ2v) is 5.42. The maximum atomic E-state index is 9.36. The first-order valence-corrected chi connectivity index (χ1v) is 6.31. The molecule has 1 saturated heterocycles. The Balaban J connectivity index is 2.15. The van der Waals surface area contributed by atoms with Crippen LogP contribution in [0.3, 0.4) is 0 Å². The Bertz CT molecular complexity index is 470. The van der Waals surface area contributed by atoms with Gasteiger partial charge in [0.1, 0.15) is 5.82 Å². The van der Waals surface area contributed by atoms with Crippen molar-refractivity contribution in [2.45, 2.75) is 26.7 Å². The summed E-state index contributed by atoms with van der Waals surface area (Å²) in [6, 6.07) is 5.81. The zero-order valence-electron chi connectivity index (χ0n) is 11.0. The number of nitrogens with zero attached hydrogens (tertiary/aromatic N) is 3. The first-order chi connectivity index (χ1) is 8.56. The Hall–Kier alpha value is -1.60. The fourth-order valence-electron chi connectivity index (χ4n) is 2.31. The summed E-state index contributed by atoms with van der Waals surface area (Å²) in [5.74, 6) is 0.881. The van der Waals surface area contributed by atoms with E-state index in [4.69, 9.17) is 5.26 Å². The minimum atomic E-state index is 0.0401. The molecule has 1 aliphatic rings. The fourth-order valence-corrected chi connectivity index (χ4v) is 2.31. The molecule has 1 aromatic rings. The number of aliphatic hydroxyl groups is 1. The van der Waals surface area contributed by atoms with E-state index in [0.29, 0.717) is 5.56 Å². The molecule has 2 heterocycles. The molecule has 0 unspecified atom stereocenters. The predicted molar refractivity (Wildman–Crippen MR) is 70.3 cm³/mol. The maximum absolute atomic E-state index is 9.36. The predicted octanol–water partition coefficient (Wildman–Crippen LogP) is 1.86. The van der Waals surface area contributed by atoms with Gasteiger partial charge in [-0.15, -0.1) is 0 Å². The summed E-state index contributed by atoms with van der Waals surface area (Å²) in [6.07, 6.45) is 1.92. The highest BCUT2D eigenvalue weighted by Gasteiger charge is 2.29. The van der Waals surface area contributed by atoms with Crippen molar-refractivity contribution in [3.8, 4) is 6.07 Å². The topological polar surface area (TPSA) is 60.2 Å². The number of piperidine rings is 1. The van der Waals surface area contributed by atoms with Gasteiger partial charge in [0.25, 0.3) is 0 Å². The Morgan fingerprint density at radius 2 is 2.11 bits per heavy atom. The quantitative estimate of drug-likeness (QED) is 0.864. The van der Waals surface area contributed by atoms with Gasteiger partial charge in [-0.05, 0) is 37.3 Å². The van der Waals surface area contributed by atoms with Gasteiger partial charge in [0, 0.05) is 25.4 Å². The Morgan fingerprint density at radius 3 is 2.67 bits per heavy atom. The number of aryl methyl sites for hydroxylation is 1. The molecule has 0 saturated carbocycles. The van der Waals surface area contributed by atoms with E-state index in [1.165, 1.54) is 0 Å². The van der Waals surface area contributed by atoms with E-state index in [2.05, 4.69) is 22.9 Å². The van der Waals surface area contributed by atoms with Crippen LogP contribution in [0.15, 0.2) is 12.1 Å². The molecule has 2 rings (SSSR count). The smallest absolute Gasteiger partial charge is 0.130 e. The van der Waals surface area contributed by atoms with Crippen molar-refractivity contribution in [2.75, 3.05) is 24.6 Å². The lowest BCUT2D eigenvalue weighted by atomic mass is 9.81. The van der Waals surface area contributed by atoms with Gasteiger partial charge < -0.3 is 10.0 Å². The fraction of sp³-hybridized carbons (Fsp3) is 0.571. The summed E-state index contributed by atoms with van der Waals surface area (Å²) < 4.78 is 0. The Morgan fingerprint density at radius 1 is 1.44 bits per heavy atom. The van der Waals surface area contributed by atoms with Crippen LogP contribution < -0.4 is 4.90 Å². The van der Waals surface area contributed by atoms with Crippen LogP contribution in [-0.4, -0.2) is 29.8 Å². The van der Waals surface area contributed by atoms with Crippen molar-refractivity contribution in [2.24, 2.45) is 5.41 Å². The molecule has 0 aromatic carbocycles. The summed E-state index contributed by atoms with van der Waals surface area (Å²) in [6.45, 7) is 6.04. The van der Waals surface area contributed by atoms with Crippen LogP contribution in [0, 0.1) is 23.7 Å². The average molecular weight is 245 g/mol. The summed E-state index contributed by atoms with van der Waals surface area (Å²) in [5, 5.41) is 18.3. The summed E-state index contributed by atoms with van der Waals surface area (Å²) in [4.78, 5) is 6.69. The lowest BCUT2D eigenvalue weighted by molar-refractivity contribution is 0.114. The Kier molecular flexibility index (Phi) is 3.53. The summed E-state index contributed by atoms with van der Waals surface area (Å²) >= 11 is 0. The molecule has 0 aliphatic carbocycles. The van der Waals surface area contributed by atoms with E-state index in [1.54, 1.807) is 6.07 Å². The molecule has 4 nitrogen and oxygen atoms in total. The molecule has 96 valence electrons. The minimum absolute atomic E-state index is 0.0401. The third-order valence-electron chi connectivity index (χ3n) is 3.75. The first kappa shape index (κ1) is 12.8. The second-order valence-electron chi connectivity index (χ2n) is 5.42. The van der Waals surface area contributed by atoms with E-state index in [-0.39, 0.29) is 12.0 Å². The highest BCUT2D eigenvalue weighted by atomic mass is 16.3. The lowest BCUT2D eigenvalue weighted by Crippen LogP contribution is -2.40. The second kappa shape index (κ2) is 4.95. The third kappa shape index (κ3) is 2.62. The number of aromatic nitrogens is 1. The average Bonchev–Trinajstić information content (AvgIpc) is 2.39. The number of hydrogen-bond donors (Lipinski definition) is 1. The number of hydrogen-bond acceptors (Lipinski definition) is 4. The first-order valence-electron chi connectivity index (χ1n) is 6.31. The van der Waals surface area contributed by atoms with Gasteiger partial charge in [-0.1, -0.05) is 6.92 Å². The molecule has 0 radical (unpaired) electrons. The van der Waals surface area contributed by atoms with Crippen molar-refractivity contribution in [1.29, 1.82) is 5.26 Å². The third-order valence-corrected chi connectivity index (χ3v) is 3.75. The molecule has 0 atom stereocenters. The van der Waals surface area contributed by atoms with Crippen LogP contribution >= 0.6 is 0 Å². The number of pyridine rings is 1. The van der Waals surface area contributed by atoms with Crippen LogP contribution in [-0.2, 0) is 0 Å². The standard InChI is InChI=1S/C14H19N3O/c1-11-7-12(9-15)8-13(16-11)17-5-3-14(2,10-18)4-6-17/h7-8,18H,3-6,10H2,1-2H3. The molecule has 1 aromatic heterocycles. The zero-order valence-corrected chi connectivity index (χ0v) is 11.0. The number of rotatable bonds is 2. The van der Waals surface area contributed by atoms with Gasteiger partial charge in [0.15, 0.2) is 0 Å². The Labute approximate surface area is 108 Å². The van der Waals surface area contributed by atoms with Gasteiger partial charge in [0.05, 0.1) is 11.6 Å². The summed E-state index contributed by atoms with van der Waals surface area (Å²) in [5.41, 5.74) is 1.57. The lowest BCUT2D eigenvalue weighted by Gasteiger charge is -2.38. The van der Waals surface area contributed by atoms with Crippen LogP contribution in [0.4, 0.5) is 5.82 Å². The van der Waals surface area contributed by atoms with Crippen molar-refractivity contribution in [1.82, 2.24) is 4.98 Å². The van der Waals surface area contributed by atoms with Gasteiger partial charge >= 0.3 is 0 Å². The van der Waals surface area contributed by atoms with E-state index >= 15 is 0 Å². The van der Waals surface area contributed by atoms with Crippen molar-refractivity contribution in [3.63, 3.8) is 0 Å². The molecule has 0 amide bonds. The number of anilines is 1. The number of nitriles is 1. The maximum Gasteiger partial charge on any atom is 0.130 e. The monoisotopic (exact) mass is 245 g/mol. The normalized spacial score (nSPS) is 18.4. The zero-order chi connectivity index (χ0) is 13.2. The van der Waals surface area contributed by atoms with Gasteiger partial charge in [-0.2, -0.15) is 5.26 Å². The molecule has 1 N–H and O–H groups in total. The van der Waals surface area contributed by atoms with Gasteiger partial charge in [-0.3, -0.25) is 0 Å². The van der Waals surface area contributed by atoms with Crippen LogP contribution in [0.5, 0.6) is 0 Å². The minimum Gasteiger partial charge on any atom is -0.396 e. The molecule has 4 heteroatoms. The molecule has 1 fully saturated rings. The van der Waals surface area contributed by atoms with Crippen LogP contribution in [0.25, 0.3) is 0 Å². The van der Waals surface area contributed by atoms with Gasteiger partial charge in [0.2, 0.25) is 0 Å². The summed E-state index contributed by atoms with van der Waals surface area (Å²) in [7, 11) is 0. The molecule has 0 spiro atoms. The highest BCUT2D eigenvalue weighted by molar-refractivity contribution is 5.47. The highest BCUT2D eigenvalue weighted by Crippen LogP contribution is 2.32. The molecule has 1 aliphatic heterocycles. The van der Waals surface area contributed by atoms with E-state index in [9.17, 15) is 5.11 Å². The molecular weight excluding hydrogens is 226 g/mol. The molecule has 0 bridgehead atoms. The van der Waals surface area contributed by atoms with E-state index in [1.807, 2.05) is 13.0 Å².